The number of hydrogen-bond donors (Lipinski definition) is 1. The first kappa shape index (κ1) is 14.0. The Morgan fingerprint density at radius 3 is 2.47 bits per heavy atom. The van der Waals surface area contributed by atoms with Crippen molar-refractivity contribution < 1.29 is 9.63 Å². The van der Waals surface area contributed by atoms with Gasteiger partial charge < -0.3 is 9.74 Å². The molecule has 0 unspecified atom stereocenters. The fourth-order valence-electron chi connectivity index (χ4n) is 2.67. The lowest BCUT2D eigenvalue weighted by Gasteiger charge is -2.34. The molecule has 104 valence electrons. The van der Waals surface area contributed by atoms with Crippen LogP contribution in [0.15, 0.2) is 30.3 Å². The van der Waals surface area contributed by atoms with E-state index in [2.05, 4.69) is 0 Å². The van der Waals surface area contributed by atoms with Gasteiger partial charge in [0.05, 0.1) is 12.5 Å². The van der Waals surface area contributed by atoms with Crippen LogP contribution in [0.5, 0.6) is 0 Å². The van der Waals surface area contributed by atoms with E-state index in [9.17, 15) is 4.79 Å². The van der Waals surface area contributed by atoms with E-state index < -0.39 is 0 Å². The predicted molar refractivity (Wildman–Crippen MR) is 74.2 cm³/mol. The van der Waals surface area contributed by atoms with Crippen molar-refractivity contribution in [2.75, 3.05) is 7.05 Å². The Morgan fingerprint density at radius 2 is 1.89 bits per heavy atom. The molecule has 0 radical (unpaired) electrons. The van der Waals surface area contributed by atoms with E-state index in [0.717, 1.165) is 31.2 Å². The molecule has 4 heteroatoms. The summed E-state index contributed by atoms with van der Waals surface area (Å²) < 4.78 is 0. The van der Waals surface area contributed by atoms with Gasteiger partial charge in [0.15, 0.2) is 0 Å². The molecule has 4 nitrogen and oxygen atoms in total. The molecule has 1 aromatic carbocycles. The second-order valence-corrected chi connectivity index (χ2v) is 5.23. The summed E-state index contributed by atoms with van der Waals surface area (Å²) >= 11 is 0. The maximum absolute atomic E-state index is 12.2. The minimum atomic E-state index is 0.161. The van der Waals surface area contributed by atoms with Crippen LogP contribution in [0.4, 0.5) is 0 Å². The van der Waals surface area contributed by atoms with Gasteiger partial charge in [0.1, 0.15) is 0 Å². The third kappa shape index (κ3) is 3.78. The lowest BCUT2D eigenvalue weighted by molar-refractivity contribution is -0.132. The molecule has 2 N–H and O–H groups in total. The maximum atomic E-state index is 12.2. The fraction of sp³-hybridized carbons (Fsp3) is 0.533. The lowest BCUT2D eigenvalue weighted by atomic mass is 9.92. The minimum Gasteiger partial charge on any atom is -0.342 e. The standard InChI is InChI=1S/C15H22N2O2/c1-17(13-7-9-14(19-16)10-8-13)15(18)11-12-5-3-2-4-6-12/h2-6,13-14H,7-11,16H2,1H3. The molecule has 0 bridgehead atoms. The maximum Gasteiger partial charge on any atom is 0.226 e. The Morgan fingerprint density at radius 1 is 1.26 bits per heavy atom. The SMILES string of the molecule is CN(C(=O)Cc1ccccc1)C1CCC(ON)CC1. The van der Waals surface area contributed by atoms with Crippen molar-refractivity contribution in [1.29, 1.82) is 0 Å². The first-order valence-corrected chi connectivity index (χ1v) is 6.86. The van der Waals surface area contributed by atoms with Crippen LogP contribution in [0, 0.1) is 0 Å². The van der Waals surface area contributed by atoms with Gasteiger partial charge in [-0.25, -0.2) is 5.90 Å². The number of amides is 1. The second kappa shape index (κ2) is 6.68. The fourth-order valence-corrected chi connectivity index (χ4v) is 2.67. The summed E-state index contributed by atoms with van der Waals surface area (Å²) in [6, 6.07) is 10.2. The average molecular weight is 262 g/mol. The molecule has 0 aromatic heterocycles. The van der Waals surface area contributed by atoms with Gasteiger partial charge in [0.2, 0.25) is 5.91 Å². The Kier molecular flexibility index (Phi) is 4.93. The van der Waals surface area contributed by atoms with Crippen molar-refractivity contribution in [3.05, 3.63) is 35.9 Å². The highest BCUT2D eigenvalue weighted by atomic mass is 16.6. The van der Waals surface area contributed by atoms with Gasteiger partial charge in [-0.15, -0.1) is 0 Å². The van der Waals surface area contributed by atoms with Crippen molar-refractivity contribution in [3.8, 4) is 0 Å². The normalized spacial score (nSPS) is 23.1. The van der Waals surface area contributed by atoms with Crippen molar-refractivity contribution in [2.24, 2.45) is 5.90 Å². The largest absolute Gasteiger partial charge is 0.342 e. The zero-order valence-corrected chi connectivity index (χ0v) is 11.4. The van der Waals surface area contributed by atoms with Gasteiger partial charge >= 0.3 is 0 Å². The summed E-state index contributed by atoms with van der Waals surface area (Å²) in [7, 11) is 1.90. The topological polar surface area (TPSA) is 55.6 Å². The summed E-state index contributed by atoms with van der Waals surface area (Å²) in [4.78, 5) is 19.0. The van der Waals surface area contributed by atoms with Gasteiger partial charge in [0.25, 0.3) is 0 Å². The predicted octanol–water partition coefficient (Wildman–Crippen LogP) is 1.89. The Labute approximate surface area is 114 Å². The summed E-state index contributed by atoms with van der Waals surface area (Å²) in [5, 5.41) is 0. The minimum absolute atomic E-state index is 0.161. The smallest absolute Gasteiger partial charge is 0.226 e. The number of hydrogen-bond acceptors (Lipinski definition) is 3. The molecule has 0 saturated heterocycles. The molecule has 1 fully saturated rings. The highest BCUT2D eigenvalue weighted by molar-refractivity contribution is 5.78. The molecular formula is C15H22N2O2. The van der Waals surface area contributed by atoms with Gasteiger partial charge in [0, 0.05) is 13.1 Å². The number of carbonyl (C=O) groups excluding carboxylic acids is 1. The van der Waals surface area contributed by atoms with E-state index in [1.165, 1.54) is 0 Å². The van der Waals surface area contributed by atoms with Crippen LogP contribution >= 0.6 is 0 Å². The first-order valence-electron chi connectivity index (χ1n) is 6.86. The molecule has 1 aliphatic rings. The summed E-state index contributed by atoms with van der Waals surface area (Å²) in [5.74, 6) is 5.39. The monoisotopic (exact) mass is 262 g/mol. The summed E-state index contributed by atoms with van der Waals surface area (Å²) in [6.45, 7) is 0. The van der Waals surface area contributed by atoms with Gasteiger partial charge in [-0.05, 0) is 31.2 Å². The van der Waals surface area contributed by atoms with E-state index in [-0.39, 0.29) is 12.0 Å². The van der Waals surface area contributed by atoms with Crippen LogP contribution in [0.1, 0.15) is 31.2 Å². The number of rotatable bonds is 4. The number of nitrogens with two attached hydrogens (primary N) is 1. The number of likely N-dealkylation sites (N-methyl/N-ethyl adjacent to an activating group) is 1. The van der Waals surface area contributed by atoms with E-state index >= 15 is 0 Å². The van der Waals surface area contributed by atoms with Crippen molar-refractivity contribution >= 4 is 5.91 Å². The first-order chi connectivity index (χ1) is 9.20. The Bertz CT molecular complexity index is 400. The third-order valence-corrected chi connectivity index (χ3v) is 3.98. The third-order valence-electron chi connectivity index (χ3n) is 3.98. The number of carbonyl (C=O) groups is 1. The van der Waals surface area contributed by atoms with Crippen molar-refractivity contribution in [2.45, 2.75) is 44.2 Å². The molecule has 1 amide bonds. The van der Waals surface area contributed by atoms with Crippen LogP contribution in [0.2, 0.25) is 0 Å². The van der Waals surface area contributed by atoms with Crippen LogP contribution in [-0.2, 0) is 16.1 Å². The molecule has 0 aliphatic heterocycles. The molecule has 1 aliphatic carbocycles. The van der Waals surface area contributed by atoms with Gasteiger partial charge in [-0.2, -0.15) is 0 Å². The van der Waals surface area contributed by atoms with E-state index in [1.807, 2.05) is 42.3 Å². The van der Waals surface area contributed by atoms with Gasteiger partial charge in [-0.3, -0.25) is 4.79 Å². The molecule has 1 saturated carbocycles. The zero-order chi connectivity index (χ0) is 13.7. The molecular weight excluding hydrogens is 240 g/mol. The second-order valence-electron chi connectivity index (χ2n) is 5.23. The quantitative estimate of drug-likeness (QED) is 0.843. The molecule has 1 aromatic rings. The lowest BCUT2D eigenvalue weighted by Crippen LogP contribution is -2.41. The van der Waals surface area contributed by atoms with Crippen molar-refractivity contribution in [1.82, 2.24) is 4.90 Å². The van der Waals surface area contributed by atoms with Crippen LogP contribution in [0.3, 0.4) is 0 Å². The van der Waals surface area contributed by atoms with Crippen LogP contribution < -0.4 is 5.90 Å². The molecule has 0 atom stereocenters. The summed E-state index contributed by atoms with van der Waals surface area (Å²) in [5.41, 5.74) is 1.07. The number of benzene rings is 1. The Balaban J connectivity index is 1.86. The van der Waals surface area contributed by atoms with Crippen LogP contribution in [0.25, 0.3) is 0 Å². The zero-order valence-electron chi connectivity index (χ0n) is 11.4. The highest BCUT2D eigenvalue weighted by Gasteiger charge is 2.26. The molecule has 19 heavy (non-hydrogen) atoms. The average Bonchev–Trinajstić information content (AvgIpc) is 2.47. The van der Waals surface area contributed by atoms with E-state index in [4.69, 9.17) is 10.7 Å². The number of nitrogens with zero attached hydrogens (tertiary/aromatic N) is 1. The summed E-state index contributed by atoms with van der Waals surface area (Å²) in [6.07, 6.45) is 4.45. The Hall–Kier alpha value is -1.39. The van der Waals surface area contributed by atoms with Crippen LogP contribution in [-0.4, -0.2) is 30.0 Å². The van der Waals surface area contributed by atoms with E-state index in [0.29, 0.717) is 12.5 Å². The van der Waals surface area contributed by atoms with Gasteiger partial charge in [-0.1, -0.05) is 30.3 Å². The van der Waals surface area contributed by atoms with E-state index in [1.54, 1.807) is 0 Å². The molecule has 0 spiro atoms. The molecule has 0 heterocycles. The molecule has 2 rings (SSSR count). The van der Waals surface area contributed by atoms with Crippen molar-refractivity contribution in [3.63, 3.8) is 0 Å². The highest BCUT2D eigenvalue weighted by Crippen LogP contribution is 2.24.